The Bertz CT molecular complexity index is 391. The van der Waals surface area contributed by atoms with E-state index in [-0.39, 0.29) is 23.4 Å². The van der Waals surface area contributed by atoms with Crippen molar-refractivity contribution >= 4 is 6.08 Å². The largest absolute Gasteiger partial charge is 0.493 e. The fraction of sp³-hybridized carbons (Fsp3) is 0.273. The standard InChI is InChI=1S/C11H12F3NO/c1-16-10-7(3-2-4-15)5-8(11(13)14)6-9(10)12/h2-3,5-6,11H,4,15H2,1H3/b3-2+. The molecule has 2 nitrogen and oxygen atoms in total. The summed E-state index contributed by atoms with van der Waals surface area (Å²) in [5.41, 5.74) is 5.11. The van der Waals surface area contributed by atoms with E-state index in [0.29, 0.717) is 0 Å². The number of benzene rings is 1. The van der Waals surface area contributed by atoms with Gasteiger partial charge in [-0.15, -0.1) is 0 Å². The van der Waals surface area contributed by atoms with E-state index < -0.39 is 12.2 Å². The zero-order chi connectivity index (χ0) is 12.1. The molecule has 0 bridgehead atoms. The van der Waals surface area contributed by atoms with Gasteiger partial charge < -0.3 is 10.5 Å². The summed E-state index contributed by atoms with van der Waals surface area (Å²) < 4.78 is 43.0. The minimum Gasteiger partial charge on any atom is -0.493 e. The zero-order valence-corrected chi connectivity index (χ0v) is 8.71. The lowest BCUT2D eigenvalue weighted by Gasteiger charge is -2.09. The average molecular weight is 231 g/mol. The first kappa shape index (κ1) is 12.6. The van der Waals surface area contributed by atoms with E-state index in [0.717, 1.165) is 6.07 Å². The lowest BCUT2D eigenvalue weighted by Crippen LogP contribution is -1.97. The van der Waals surface area contributed by atoms with Gasteiger partial charge in [-0.3, -0.25) is 0 Å². The minimum atomic E-state index is -2.72. The highest BCUT2D eigenvalue weighted by Crippen LogP contribution is 2.30. The summed E-state index contributed by atoms with van der Waals surface area (Å²) in [5, 5.41) is 0. The summed E-state index contributed by atoms with van der Waals surface area (Å²) in [5.74, 6) is -0.869. The summed E-state index contributed by atoms with van der Waals surface area (Å²) in [6, 6.07) is 1.95. The number of rotatable bonds is 4. The van der Waals surface area contributed by atoms with Crippen LogP contribution in [0.1, 0.15) is 17.6 Å². The molecule has 0 unspecified atom stereocenters. The Balaban J connectivity index is 3.25. The number of nitrogens with two attached hydrogens (primary N) is 1. The molecule has 0 atom stereocenters. The maximum Gasteiger partial charge on any atom is 0.263 e. The molecule has 2 N–H and O–H groups in total. The maximum absolute atomic E-state index is 13.4. The highest BCUT2D eigenvalue weighted by Gasteiger charge is 2.14. The van der Waals surface area contributed by atoms with Crippen LogP contribution in [0.3, 0.4) is 0 Å². The molecule has 0 aliphatic rings. The van der Waals surface area contributed by atoms with Crippen molar-refractivity contribution in [3.05, 3.63) is 35.2 Å². The molecular formula is C11H12F3NO. The topological polar surface area (TPSA) is 35.2 Å². The number of hydrogen-bond donors (Lipinski definition) is 1. The number of alkyl halides is 2. The molecule has 0 heterocycles. The van der Waals surface area contributed by atoms with Gasteiger partial charge >= 0.3 is 0 Å². The Hall–Kier alpha value is -1.49. The van der Waals surface area contributed by atoms with E-state index in [1.165, 1.54) is 25.3 Å². The Kier molecular flexibility index (Phi) is 4.37. The number of ether oxygens (including phenoxy) is 1. The Morgan fingerprint density at radius 2 is 2.12 bits per heavy atom. The summed E-state index contributed by atoms with van der Waals surface area (Å²) in [6.07, 6.45) is 0.269. The molecular weight excluding hydrogens is 219 g/mol. The third kappa shape index (κ3) is 2.76. The SMILES string of the molecule is COc1c(F)cc(C(F)F)cc1/C=C/CN. The van der Waals surface area contributed by atoms with E-state index in [1.807, 2.05) is 0 Å². The van der Waals surface area contributed by atoms with E-state index in [2.05, 4.69) is 0 Å². The first-order valence-electron chi connectivity index (χ1n) is 4.62. The van der Waals surface area contributed by atoms with Crippen LogP contribution in [0, 0.1) is 5.82 Å². The highest BCUT2D eigenvalue weighted by atomic mass is 19.3. The average Bonchev–Trinajstić information content (AvgIpc) is 2.25. The zero-order valence-electron chi connectivity index (χ0n) is 8.71. The van der Waals surface area contributed by atoms with Crippen molar-refractivity contribution in [2.45, 2.75) is 6.43 Å². The van der Waals surface area contributed by atoms with E-state index in [9.17, 15) is 13.2 Å². The number of halogens is 3. The van der Waals surface area contributed by atoms with Crippen molar-refractivity contribution < 1.29 is 17.9 Å². The second-order valence-corrected chi connectivity index (χ2v) is 3.06. The van der Waals surface area contributed by atoms with Crippen LogP contribution in [0.5, 0.6) is 5.75 Å². The van der Waals surface area contributed by atoms with Gasteiger partial charge in [0.2, 0.25) is 0 Å². The first-order chi connectivity index (χ1) is 7.60. The molecule has 16 heavy (non-hydrogen) atoms. The molecule has 1 rings (SSSR count). The smallest absolute Gasteiger partial charge is 0.263 e. The van der Waals surface area contributed by atoms with Gasteiger partial charge in [-0.1, -0.05) is 12.2 Å². The summed E-state index contributed by atoms with van der Waals surface area (Å²) in [4.78, 5) is 0. The van der Waals surface area contributed by atoms with Crippen molar-refractivity contribution in [2.24, 2.45) is 5.73 Å². The third-order valence-electron chi connectivity index (χ3n) is 1.98. The number of methoxy groups -OCH3 is 1. The Morgan fingerprint density at radius 1 is 1.44 bits per heavy atom. The van der Waals surface area contributed by atoms with Gasteiger partial charge in [0.25, 0.3) is 6.43 Å². The van der Waals surface area contributed by atoms with Gasteiger partial charge in [0.05, 0.1) is 7.11 Å². The van der Waals surface area contributed by atoms with E-state index in [1.54, 1.807) is 0 Å². The molecule has 0 saturated carbocycles. The fourth-order valence-corrected chi connectivity index (χ4v) is 1.30. The summed E-state index contributed by atoms with van der Waals surface area (Å²) >= 11 is 0. The van der Waals surface area contributed by atoms with Crippen molar-refractivity contribution in [1.29, 1.82) is 0 Å². The quantitative estimate of drug-likeness (QED) is 0.864. The molecule has 0 radical (unpaired) electrons. The van der Waals surface area contributed by atoms with Crippen LogP contribution in [-0.4, -0.2) is 13.7 Å². The van der Waals surface area contributed by atoms with Crippen LogP contribution in [0.4, 0.5) is 13.2 Å². The van der Waals surface area contributed by atoms with Crippen LogP contribution in [0.2, 0.25) is 0 Å². The molecule has 0 aliphatic carbocycles. The van der Waals surface area contributed by atoms with Gasteiger partial charge in [-0.2, -0.15) is 0 Å². The predicted octanol–water partition coefficient (Wildman–Crippen LogP) is 2.74. The van der Waals surface area contributed by atoms with Crippen LogP contribution in [-0.2, 0) is 0 Å². The molecule has 0 amide bonds. The molecule has 1 aromatic carbocycles. The molecule has 0 aliphatic heterocycles. The Labute approximate surface area is 91.5 Å². The highest BCUT2D eigenvalue weighted by molar-refractivity contribution is 5.59. The predicted molar refractivity (Wildman–Crippen MR) is 56.0 cm³/mol. The third-order valence-corrected chi connectivity index (χ3v) is 1.98. The van der Waals surface area contributed by atoms with Crippen LogP contribution < -0.4 is 10.5 Å². The molecule has 88 valence electrons. The Morgan fingerprint density at radius 3 is 2.62 bits per heavy atom. The minimum absolute atomic E-state index is 0.0610. The van der Waals surface area contributed by atoms with Crippen molar-refractivity contribution in [2.75, 3.05) is 13.7 Å². The van der Waals surface area contributed by atoms with Crippen molar-refractivity contribution in [3.8, 4) is 5.75 Å². The van der Waals surface area contributed by atoms with Gasteiger partial charge in [-0.05, 0) is 12.1 Å². The van der Waals surface area contributed by atoms with E-state index >= 15 is 0 Å². The van der Waals surface area contributed by atoms with Gasteiger partial charge in [-0.25, -0.2) is 13.2 Å². The van der Waals surface area contributed by atoms with Crippen LogP contribution >= 0.6 is 0 Å². The normalized spacial score (nSPS) is 11.4. The second-order valence-electron chi connectivity index (χ2n) is 3.06. The first-order valence-corrected chi connectivity index (χ1v) is 4.62. The monoisotopic (exact) mass is 231 g/mol. The fourth-order valence-electron chi connectivity index (χ4n) is 1.30. The van der Waals surface area contributed by atoms with E-state index in [4.69, 9.17) is 10.5 Å². The summed E-state index contributed by atoms with van der Waals surface area (Å²) in [6.45, 7) is 0.240. The van der Waals surface area contributed by atoms with Gasteiger partial charge in [0, 0.05) is 17.7 Å². The van der Waals surface area contributed by atoms with Crippen molar-refractivity contribution in [1.82, 2.24) is 0 Å². The van der Waals surface area contributed by atoms with Crippen LogP contribution in [0.15, 0.2) is 18.2 Å². The molecule has 0 fully saturated rings. The number of hydrogen-bond acceptors (Lipinski definition) is 2. The van der Waals surface area contributed by atoms with Gasteiger partial charge in [0.1, 0.15) is 0 Å². The lowest BCUT2D eigenvalue weighted by molar-refractivity contribution is 0.150. The molecule has 0 spiro atoms. The molecule has 0 saturated heterocycles. The lowest BCUT2D eigenvalue weighted by atomic mass is 10.1. The van der Waals surface area contributed by atoms with Crippen molar-refractivity contribution in [3.63, 3.8) is 0 Å². The molecule has 1 aromatic rings. The summed E-state index contributed by atoms with van der Waals surface area (Å²) in [7, 11) is 1.28. The maximum atomic E-state index is 13.4. The molecule has 5 heteroatoms. The second kappa shape index (κ2) is 5.55. The molecule has 0 aromatic heterocycles. The van der Waals surface area contributed by atoms with Gasteiger partial charge in [0.15, 0.2) is 11.6 Å². The van der Waals surface area contributed by atoms with Crippen LogP contribution in [0.25, 0.3) is 6.08 Å².